The second kappa shape index (κ2) is 10.6. The first-order valence-corrected chi connectivity index (χ1v) is 11.4. The van der Waals surface area contributed by atoms with E-state index in [0.29, 0.717) is 32.9 Å². The largest absolute Gasteiger partial charge is 0.507 e. The van der Waals surface area contributed by atoms with Crippen LogP contribution in [0.25, 0.3) is 22.4 Å². The molecule has 0 aliphatic rings. The van der Waals surface area contributed by atoms with Gasteiger partial charge in [0.15, 0.2) is 5.82 Å². The quantitative estimate of drug-likeness (QED) is 0.343. The molecule has 174 valence electrons. The van der Waals surface area contributed by atoms with E-state index in [1.807, 2.05) is 0 Å². The first-order chi connectivity index (χ1) is 17.0. The minimum atomic E-state index is -0.398. The third kappa shape index (κ3) is 5.35. The zero-order valence-electron chi connectivity index (χ0n) is 18.6. The topological polar surface area (TPSA) is 124 Å². The van der Waals surface area contributed by atoms with Crippen molar-refractivity contribution < 1.29 is 19.4 Å². The number of nitrogens with zero attached hydrogens (tertiary/aromatic N) is 2. The number of nitriles is 1. The number of benzene rings is 2. The Bertz CT molecular complexity index is 1430. The molecule has 4 aromatic rings. The second-order valence-corrected chi connectivity index (χ2v) is 8.35. The first kappa shape index (κ1) is 23.6. The number of carbonyl (C=O) groups excluding carboxylic acids is 2. The number of carbonyl (C=O) groups is 2. The number of anilines is 2. The summed E-state index contributed by atoms with van der Waals surface area (Å²) in [5.74, 6) is -0.647. The molecule has 3 N–H and O–H groups in total. The van der Waals surface area contributed by atoms with Crippen LogP contribution >= 0.6 is 11.3 Å². The Labute approximate surface area is 205 Å². The molecule has 9 heteroatoms. The van der Waals surface area contributed by atoms with Gasteiger partial charge in [0.05, 0.1) is 10.6 Å². The van der Waals surface area contributed by atoms with Crippen LogP contribution < -0.4 is 10.6 Å². The number of methoxy groups -OCH3 is 1. The summed E-state index contributed by atoms with van der Waals surface area (Å²) >= 11 is 1.27. The van der Waals surface area contributed by atoms with Crippen molar-refractivity contribution in [3.05, 3.63) is 82.6 Å². The number of aromatic nitrogens is 1. The number of para-hydroxylation sites is 1. The van der Waals surface area contributed by atoms with E-state index in [2.05, 4.69) is 21.7 Å². The normalized spacial score (nSPS) is 10.4. The minimum Gasteiger partial charge on any atom is -0.507 e. The number of ether oxygens (including phenoxy) is 1. The summed E-state index contributed by atoms with van der Waals surface area (Å²) in [7, 11) is 1.43. The fourth-order valence-corrected chi connectivity index (χ4v) is 4.09. The number of hydrogen-bond acceptors (Lipinski definition) is 7. The molecule has 0 aliphatic heterocycles. The number of aromatic hydroxyl groups is 1. The van der Waals surface area contributed by atoms with Gasteiger partial charge in [-0.25, -0.2) is 4.98 Å². The Balaban J connectivity index is 1.85. The average Bonchev–Trinajstić information content (AvgIpc) is 3.39. The van der Waals surface area contributed by atoms with Crippen LogP contribution in [0.1, 0.15) is 15.2 Å². The number of nitrogens with one attached hydrogen (secondary N) is 2. The van der Waals surface area contributed by atoms with Gasteiger partial charge in [-0.15, -0.1) is 11.3 Å². The van der Waals surface area contributed by atoms with Crippen LogP contribution in [0.3, 0.4) is 0 Å². The standard InChI is InChI=1S/C26H20N4O4S/c1-34-15-24(32)28-17-7-4-6-16(12-17)19-13-21(18-8-2-3-9-22(18)31)29-25(20(19)14-27)30-26(33)23-10-5-11-35-23/h2-13,31H,15H2,1H3,(H,28,32)(H,29,30,33). The molecule has 0 bridgehead atoms. The van der Waals surface area contributed by atoms with Gasteiger partial charge in [0.1, 0.15) is 24.0 Å². The highest BCUT2D eigenvalue weighted by Crippen LogP contribution is 2.36. The van der Waals surface area contributed by atoms with Crippen molar-refractivity contribution >= 4 is 34.7 Å². The van der Waals surface area contributed by atoms with Crippen molar-refractivity contribution in [2.24, 2.45) is 0 Å². The fourth-order valence-electron chi connectivity index (χ4n) is 3.47. The van der Waals surface area contributed by atoms with Crippen molar-refractivity contribution in [2.75, 3.05) is 24.4 Å². The van der Waals surface area contributed by atoms with E-state index in [1.165, 1.54) is 24.5 Å². The molecule has 0 saturated carbocycles. The van der Waals surface area contributed by atoms with Crippen LogP contribution in [0.5, 0.6) is 5.75 Å². The molecule has 8 nitrogen and oxygen atoms in total. The lowest BCUT2D eigenvalue weighted by molar-refractivity contribution is -0.119. The molecule has 0 aliphatic carbocycles. The van der Waals surface area contributed by atoms with Crippen LogP contribution in [0.2, 0.25) is 0 Å². The number of amides is 2. The predicted octanol–water partition coefficient (Wildman–Crippen LogP) is 4.89. The van der Waals surface area contributed by atoms with Gasteiger partial charge in [-0.3, -0.25) is 9.59 Å². The maximum Gasteiger partial charge on any atom is 0.266 e. The van der Waals surface area contributed by atoms with Crippen LogP contribution in [0.4, 0.5) is 11.5 Å². The molecule has 2 amide bonds. The maximum atomic E-state index is 12.8. The molecule has 0 unspecified atom stereocenters. The van der Waals surface area contributed by atoms with E-state index >= 15 is 0 Å². The van der Waals surface area contributed by atoms with Gasteiger partial charge in [0.2, 0.25) is 5.91 Å². The third-order valence-corrected chi connectivity index (χ3v) is 5.89. The molecular formula is C26H20N4O4S. The van der Waals surface area contributed by atoms with Gasteiger partial charge in [-0.1, -0.05) is 30.3 Å². The summed E-state index contributed by atoms with van der Waals surface area (Å²) in [5.41, 5.74) is 2.56. The molecule has 2 aromatic heterocycles. The summed E-state index contributed by atoms with van der Waals surface area (Å²) < 4.78 is 4.86. The van der Waals surface area contributed by atoms with E-state index in [9.17, 15) is 20.0 Å². The van der Waals surface area contributed by atoms with Gasteiger partial charge in [0.25, 0.3) is 5.91 Å². The molecule has 0 spiro atoms. The van der Waals surface area contributed by atoms with E-state index in [4.69, 9.17) is 4.74 Å². The monoisotopic (exact) mass is 484 g/mol. The Morgan fingerprint density at radius 2 is 1.89 bits per heavy atom. The summed E-state index contributed by atoms with van der Waals surface area (Å²) in [5, 5.41) is 27.7. The molecule has 4 rings (SSSR count). The van der Waals surface area contributed by atoms with E-state index in [1.54, 1.807) is 66.0 Å². The Kier molecular flexibility index (Phi) is 7.16. The summed E-state index contributed by atoms with van der Waals surface area (Å²) in [6.07, 6.45) is 0. The van der Waals surface area contributed by atoms with Crippen molar-refractivity contribution in [1.29, 1.82) is 5.26 Å². The molecule has 0 atom stereocenters. The minimum absolute atomic E-state index is 0.00627. The number of hydrogen-bond donors (Lipinski definition) is 3. The first-order valence-electron chi connectivity index (χ1n) is 10.5. The van der Waals surface area contributed by atoms with E-state index in [-0.39, 0.29) is 29.6 Å². The fraction of sp³-hybridized carbons (Fsp3) is 0.0769. The molecule has 35 heavy (non-hydrogen) atoms. The zero-order valence-corrected chi connectivity index (χ0v) is 19.4. The second-order valence-electron chi connectivity index (χ2n) is 7.40. The maximum absolute atomic E-state index is 12.8. The van der Waals surface area contributed by atoms with Crippen LogP contribution in [-0.4, -0.2) is 35.6 Å². The third-order valence-electron chi connectivity index (χ3n) is 5.02. The highest BCUT2D eigenvalue weighted by Gasteiger charge is 2.19. The van der Waals surface area contributed by atoms with E-state index in [0.717, 1.165) is 0 Å². The smallest absolute Gasteiger partial charge is 0.266 e. The Morgan fingerprint density at radius 1 is 1.06 bits per heavy atom. The SMILES string of the molecule is COCC(=O)Nc1cccc(-c2cc(-c3ccccc3O)nc(NC(=O)c3cccs3)c2C#N)c1. The van der Waals surface area contributed by atoms with Crippen LogP contribution in [0, 0.1) is 11.3 Å². The van der Waals surface area contributed by atoms with Crippen molar-refractivity contribution in [2.45, 2.75) is 0 Å². The molecular weight excluding hydrogens is 464 g/mol. The summed E-state index contributed by atoms with van der Waals surface area (Å²) in [6, 6.07) is 20.9. The molecule has 0 saturated heterocycles. The molecule has 2 aromatic carbocycles. The van der Waals surface area contributed by atoms with Gasteiger partial charge in [0, 0.05) is 23.9 Å². The number of phenolic OH excluding ortho intramolecular Hbond substituents is 1. The van der Waals surface area contributed by atoms with Crippen LogP contribution in [-0.2, 0) is 9.53 Å². The van der Waals surface area contributed by atoms with Crippen LogP contribution in [0.15, 0.2) is 72.1 Å². The van der Waals surface area contributed by atoms with Gasteiger partial charge in [-0.05, 0) is 47.3 Å². The Morgan fingerprint density at radius 3 is 2.60 bits per heavy atom. The summed E-state index contributed by atoms with van der Waals surface area (Å²) in [6.45, 7) is -0.0980. The van der Waals surface area contributed by atoms with Gasteiger partial charge < -0.3 is 20.5 Å². The molecule has 0 fully saturated rings. The molecule has 2 heterocycles. The number of phenols is 1. The van der Waals surface area contributed by atoms with Gasteiger partial charge >= 0.3 is 0 Å². The number of rotatable bonds is 7. The highest BCUT2D eigenvalue weighted by atomic mass is 32.1. The number of thiophene rings is 1. The van der Waals surface area contributed by atoms with Crippen molar-refractivity contribution in [3.63, 3.8) is 0 Å². The van der Waals surface area contributed by atoms with E-state index < -0.39 is 5.91 Å². The lowest BCUT2D eigenvalue weighted by Crippen LogP contribution is -2.17. The molecule has 0 radical (unpaired) electrons. The van der Waals surface area contributed by atoms with Crippen molar-refractivity contribution in [1.82, 2.24) is 4.98 Å². The zero-order chi connectivity index (χ0) is 24.8. The number of pyridine rings is 1. The lowest BCUT2D eigenvalue weighted by atomic mass is 9.97. The average molecular weight is 485 g/mol. The van der Waals surface area contributed by atoms with Gasteiger partial charge in [-0.2, -0.15) is 5.26 Å². The predicted molar refractivity (Wildman–Crippen MR) is 134 cm³/mol. The Hall–Kier alpha value is -4.52. The highest BCUT2D eigenvalue weighted by molar-refractivity contribution is 7.12. The summed E-state index contributed by atoms with van der Waals surface area (Å²) in [4.78, 5) is 29.7. The lowest BCUT2D eigenvalue weighted by Gasteiger charge is -2.15. The van der Waals surface area contributed by atoms with Crippen molar-refractivity contribution in [3.8, 4) is 34.2 Å².